The third-order valence-electron chi connectivity index (χ3n) is 5.62. The molecule has 1 amide bonds. The van der Waals surface area contributed by atoms with Gasteiger partial charge < -0.3 is 24.4 Å². The molecular weight excluding hydrogens is 396 g/mol. The molecule has 2 aliphatic heterocycles. The van der Waals surface area contributed by atoms with Crippen LogP contribution in [-0.2, 0) is 20.7 Å². The molecule has 2 aromatic rings. The van der Waals surface area contributed by atoms with Crippen molar-refractivity contribution in [3.8, 4) is 11.5 Å². The number of piperidine rings is 1. The van der Waals surface area contributed by atoms with Crippen LogP contribution in [0.2, 0.25) is 0 Å². The summed E-state index contributed by atoms with van der Waals surface area (Å²) in [6.07, 6.45) is 2.47. The van der Waals surface area contributed by atoms with E-state index in [4.69, 9.17) is 14.2 Å². The van der Waals surface area contributed by atoms with Crippen LogP contribution in [0.25, 0.3) is 0 Å². The molecule has 1 fully saturated rings. The van der Waals surface area contributed by atoms with E-state index in [0.717, 1.165) is 30.3 Å². The van der Waals surface area contributed by atoms with E-state index >= 15 is 0 Å². The van der Waals surface area contributed by atoms with Gasteiger partial charge in [-0.05, 0) is 60.7 Å². The van der Waals surface area contributed by atoms with Gasteiger partial charge in [-0.3, -0.25) is 9.59 Å². The Morgan fingerprint density at radius 2 is 1.74 bits per heavy atom. The smallest absolute Gasteiger partial charge is 0.310 e. The van der Waals surface area contributed by atoms with E-state index in [2.05, 4.69) is 17.1 Å². The lowest BCUT2D eigenvalue weighted by Crippen LogP contribution is -2.32. The number of carbonyl (C=O) groups excluding carboxylic acids is 2. The van der Waals surface area contributed by atoms with Gasteiger partial charge in [-0.15, -0.1) is 0 Å². The molecule has 2 heterocycles. The van der Waals surface area contributed by atoms with Crippen LogP contribution in [0, 0.1) is 5.92 Å². The lowest BCUT2D eigenvalue weighted by molar-refractivity contribution is -0.146. The molecule has 4 rings (SSSR count). The number of esters is 1. The molecule has 0 aliphatic carbocycles. The minimum atomic E-state index is -0.471. The molecule has 1 saturated heterocycles. The molecule has 7 nitrogen and oxygen atoms in total. The van der Waals surface area contributed by atoms with Crippen molar-refractivity contribution in [3.63, 3.8) is 0 Å². The van der Waals surface area contributed by atoms with Gasteiger partial charge in [0.05, 0.1) is 6.42 Å². The molecule has 0 bridgehead atoms. The van der Waals surface area contributed by atoms with Crippen LogP contribution < -0.4 is 19.7 Å². The Hall–Kier alpha value is -3.22. The molecule has 2 aromatic carbocycles. The van der Waals surface area contributed by atoms with Gasteiger partial charge in [-0.2, -0.15) is 0 Å². The zero-order valence-corrected chi connectivity index (χ0v) is 17.8. The van der Waals surface area contributed by atoms with Crippen LogP contribution in [0.15, 0.2) is 42.5 Å². The van der Waals surface area contributed by atoms with Crippen molar-refractivity contribution in [1.29, 1.82) is 0 Å². The predicted octanol–water partition coefficient (Wildman–Crippen LogP) is 3.42. The fourth-order valence-electron chi connectivity index (χ4n) is 3.78. The Kier molecular flexibility index (Phi) is 6.60. The molecule has 0 radical (unpaired) electrons. The summed E-state index contributed by atoms with van der Waals surface area (Å²) in [5.74, 6) is 1.24. The minimum Gasteiger partial charge on any atom is -0.486 e. The van der Waals surface area contributed by atoms with E-state index < -0.39 is 5.97 Å². The van der Waals surface area contributed by atoms with Crippen molar-refractivity contribution in [2.24, 2.45) is 5.92 Å². The zero-order chi connectivity index (χ0) is 21.6. The number of rotatable bonds is 6. The second kappa shape index (κ2) is 9.73. The van der Waals surface area contributed by atoms with Gasteiger partial charge in [0.1, 0.15) is 13.2 Å². The molecule has 0 aromatic heterocycles. The standard InChI is InChI=1S/C24H28N2O5/c1-17-8-10-26(11-9-17)20-5-3-19(4-6-20)25-23(27)16-31-24(28)15-18-2-7-21-22(14-18)30-13-12-29-21/h2-7,14,17H,8-13,15-16H2,1H3,(H,25,27). The molecule has 2 aliphatic rings. The Labute approximate surface area is 182 Å². The summed E-state index contributed by atoms with van der Waals surface area (Å²) in [6, 6.07) is 13.1. The number of carbonyl (C=O) groups is 2. The molecule has 0 spiro atoms. The van der Waals surface area contributed by atoms with Gasteiger partial charge in [0.2, 0.25) is 0 Å². The fraction of sp³-hybridized carbons (Fsp3) is 0.417. The van der Waals surface area contributed by atoms with E-state index in [9.17, 15) is 9.59 Å². The Morgan fingerprint density at radius 1 is 1.03 bits per heavy atom. The third kappa shape index (κ3) is 5.69. The highest BCUT2D eigenvalue weighted by atomic mass is 16.6. The van der Waals surface area contributed by atoms with E-state index in [-0.39, 0.29) is 18.9 Å². The van der Waals surface area contributed by atoms with Crippen LogP contribution in [0.1, 0.15) is 25.3 Å². The number of nitrogens with zero attached hydrogens (tertiary/aromatic N) is 1. The van der Waals surface area contributed by atoms with Crippen LogP contribution in [0.4, 0.5) is 11.4 Å². The Bertz CT molecular complexity index is 920. The summed E-state index contributed by atoms with van der Waals surface area (Å²) in [6.45, 7) is 5.09. The number of anilines is 2. The highest BCUT2D eigenvalue weighted by Crippen LogP contribution is 2.31. The Balaban J connectivity index is 1.22. The average molecular weight is 424 g/mol. The van der Waals surface area contributed by atoms with Gasteiger partial charge in [0.15, 0.2) is 18.1 Å². The first-order valence-corrected chi connectivity index (χ1v) is 10.8. The number of amides is 1. The molecular formula is C24H28N2O5. The normalized spacial score (nSPS) is 16.0. The minimum absolute atomic E-state index is 0.0626. The highest BCUT2D eigenvalue weighted by molar-refractivity contribution is 5.93. The van der Waals surface area contributed by atoms with Crippen LogP contribution >= 0.6 is 0 Å². The van der Waals surface area contributed by atoms with Gasteiger partial charge in [-0.1, -0.05) is 13.0 Å². The van der Waals surface area contributed by atoms with Crippen molar-refractivity contribution in [2.75, 3.05) is 43.1 Å². The summed E-state index contributed by atoms with van der Waals surface area (Å²) >= 11 is 0. The summed E-state index contributed by atoms with van der Waals surface area (Å²) in [5, 5.41) is 2.77. The second-order valence-corrected chi connectivity index (χ2v) is 8.08. The number of ether oxygens (including phenoxy) is 3. The SMILES string of the molecule is CC1CCN(c2ccc(NC(=O)COC(=O)Cc3ccc4c(c3)OCCO4)cc2)CC1. The van der Waals surface area contributed by atoms with Gasteiger partial charge in [-0.25, -0.2) is 0 Å². The topological polar surface area (TPSA) is 77.1 Å². The quantitative estimate of drug-likeness (QED) is 0.716. The van der Waals surface area contributed by atoms with Gasteiger partial charge in [0.25, 0.3) is 5.91 Å². The molecule has 7 heteroatoms. The molecule has 164 valence electrons. The maximum Gasteiger partial charge on any atom is 0.310 e. The van der Waals surface area contributed by atoms with Crippen molar-refractivity contribution in [1.82, 2.24) is 0 Å². The molecule has 0 saturated carbocycles. The molecule has 31 heavy (non-hydrogen) atoms. The lowest BCUT2D eigenvalue weighted by Gasteiger charge is -2.32. The Morgan fingerprint density at radius 3 is 2.48 bits per heavy atom. The van der Waals surface area contributed by atoms with Gasteiger partial charge in [0, 0.05) is 24.5 Å². The number of nitrogens with one attached hydrogen (secondary N) is 1. The third-order valence-corrected chi connectivity index (χ3v) is 5.62. The van der Waals surface area contributed by atoms with Gasteiger partial charge >= 0.3 is 5.97 Å². The number of hydrogen-bond donors (Lipinski definition) is 1. The number of benzene rings is 2. The van der Waals surface area contributed by atoms with Crippen LogP contribution in [-0.4, -0.2) is 44.8 Å². The number of hydrogen-bond acceptors (Lipinski definition) is 6. The van der Waals surface area contributed by atoms with Crippen LogP contribution in [0.3, 0.4) is 0 Å². The van der Waals surface area contributed by atoms with E-state index in [1.807, 2.05) is 24.3 Å². The largest absolute Gasteiger partial charge is 0.486 e. The first kappa shape index (κ1) is 21.0. The first-order chi connectivity index (χ1) is 15.1. The monoisotopic (exact) mass is 424 g/mol. The summed E-state index contributed by atoms with van der Waals surface area (Å²) in [5.41, 5.74) is 2.59. The molecule has 0 unspecified atom stereocenters. The maximum absolute atomic E-state index is 12.1. The second-order valence-electron chi connectivity index (χ2n) is 8.08. The first-order valence-electron chi connectivity index (χ1n) is 10.8. The van der Waals surface area contributed by atoms with E-state index in [1.165, 1.54) is 12.8 Å². The van der Waals surface area contributed by atoms with E-state index in [1.54, 1.807) is 18.2 Å². The predicted molar refractivity (Wildman–Crippen MR) is 118 cm³/mol. The summed E-state index contributed by atoms with van der Waals surface area (Å²) in [4.78, 5) is 26.6. The van der Waals surface area contributed by atoms with Crippen molar-refractivity contribution in [3.05, 3.63) is 48.0 Å². The number of fused-ring (bicyclic) bond motifs is 1. The summed E-state index contributed by atoms with van der Waals surface area (Å²) < 4.78 is 16.1. The molecule has 0 atom stereocenters. The van der Waals surface area contributed by atoms with Crippen molar-refractivity contribution >= 4 is 23.3 Å². The fourth-order valence-corrected chi connectivity index (χ4v) is 3.78. The average Bonchev–Trinajstić information content (AvgIpc) is 2.79. The zero-order valence-electron chi connectivity index (χ0n) is 17.8. The molecule has 1 N–H and O–H groups in total. The van der Waals surface area contributed by atoms with Crippen molar-refractivity contribution in [2.45, 2.75) is 26.2 Å². The highest BCUT2D eigenvalue weighted by Gasteiger charge is 2.17. The maximum atomic E-state index is 12.1. The summed E-state index contributed by atoms with van der Waals surface area (Å²) in [7, 11) is 0. The van der Waals surface area contributed by atoms with E-state index in [0.29, 0.717) is 30.4 Å². The van der Waals surface area contributed by atoms with Crippen molar-refractivity contribution < 1.29 is 23.8 Å². The lowest BCUT2D eigenvalue weighted by atomic mass is 9.99. The van der Waals surface area contributed by atoms with Crippen LogP contribution in [0.5, 0.6) is 11.5 Å².